The van der Waals surface area contributed by atoms with Gasteiger partial charge in [-0.3, -0.25) is 16.3 Å². The van der Waals surface area contributed by atoms with Crippen molar-refractivity contribution in [2.45, 2.75) is 25.8 Å². The number of nitrogens with two attached hydrogens (primary N) is 1. The fourth-order valence-electron chi connectivity index (χ4n) is 2.17. The molecule has 0 saturated heterocycles. The molecule has 0 aliphatic rings. The van der Waals surface area contributed by atoms with E-state index in [1.165, 1.54) is 16.7 Å². The first-order valence-corrected chi connectivity index (χ1v) is 7.08. The standard InChI is InChI=1S/C15H18BrN3/c1-11-3-2-4-12(5-11)7-15(19-17)8-13-6-14(16)10-18-9-13/h2-6,9-10,15,19H,7-8,17H2,1H3. The molecule has 1 aromatic heterocycles. The maximum atomic E-state index is 5.66. The predicted molar refractivity (Wildman–Crippen MR) is 81.6 cm³/mol. The van der Waals surface area contributed by atoms with Gasteiger partial charge in [-0.15, -0.1) is 0 Å². The molecule has 2 rings (SSSR count). The minimum Gasteiger partial charge on any atom is -0.271 e. The summed E-state index contributed by atoms with van der Waals surface area (Å²) >= 11 is 3.44. The molecular formula is C15H18BrN3. The van der Waals surface area contributed by atoms with Gasteiger partial charge in [-0.1, -0.05) is 29.8 Å². The molecule has 0 aliphatic carbocycles. The Morgan fingerprint density at radius 2 is 2.00 bits per heavy atom. The highest BCUT2D eigenvalue weighted by Crippen LogP contribution is 2.13. The number of hydrogen-bond donors (Lipinski definition) is 2. The molecule has 19 heavy (non-hydrogen) atoms. The van der Waals surface area contributed by atoms with Crippen molar-refractivity contribution >= 4 is 15.9 Å². The Hall–Kier alpha value is -1.23. The van der Waals surface area contributed by atoms with E-state index in [1.807, 2.05) is 6.20 Å². The van der Waals surface area contributed by atoms with Crippen LogP contribution in [0.5, 0.6) is 0 Å². The van der Waals surface area contributed by atoms with Crippen molar-refractivity contribution in [1.29, 1.82) is 0 Å². The molecular weight excluding hydrogens is 302 g/mol. The number of hydrogen-bond acceptors (Lipinski definition) is 3. The maximum Gasteiger partial charge on any atom is 0.0410 e. The van der Waals surface area contributed by atoms with Gasteiger partial charge in [0.05, 0.1) is 0 Å². The van der Waals surface area contributed by atoms with Crippen LogP contribution >= 0.6 is 15.9 Å². The summed E-state index contributed by atoms with van der Waals surface area (Å²) in [6, 6.07) is 10.8. The van der Waals surface area contributed by atoms with Gasteiger partial charge in [0.2, 0.25) is 0 Å². The summed E-state index contributed by atoms with van der Waals surface area (Å²) < 4.78 is 0.997. The minimum absolute atomic E-state index is 0.206. The fraction of sp³-hybridized carbons (Fsp3) is 0.267. The van der Waals surface area contributed by atoms with Gasteiger partial charge in [-0.05, 0) is 52.9 Å². The van der Waals surface area contributed by atoms with Gasteiger partial charge in [-0.2, -0.15) is 0 Å². The number of hydrazine groups is 1. The lowest BCUT2D eigenvalue weighted by Crippen LogP contribution is -2.38. The lowest BCUT2D eigenvalue weighted by atomic mass is 9.99. The lowest BCUT2D eigenvalue weighted by Gasteiger charge is -2.16. The van der Waals surface area contributed by atoms with E-state index in [2.05, 4.69) is 63.6 Å². The Kier molecular flexibility index (Phi) is 5.07. The number of nitrogens with one attached hydrogen (secondary N) is 1. The molecule has 1 atom stereocenters. The molecule has 2 aromatic rings. The zero-order chi connectivity index (χ0) is 13.7. The third-order valence-corrected chi connectivity index (χ3v) is 3.48. The van der Waals surface area contributed by atoms with Crippen LogP contribution < -0.4 is 11.3 Å². The van der Waals surface area contributed by atoms with E-state index in [-0.39, 0.29) is 6.04 Å². The summed E-state index contributed by atoms with van der Waals surface area (Å²) in [5, 5.41) is 0. The van der Waals surface area contributed by atoms with Crippen LogP contribution in [0.3, 0.4) is 0 Å². The average Bonchev–Trinajstić information content (AvgIpc) is 2.38. The highest BCUT2D eigenvalue weighted by Gasteiger charge is 2.09. The van der Waals surface area contributed by atoms with Crippen molar-refractivity contribution in [2.24, 2.45) is 5.84 Å². The summed E-state index contributed by atoms with van der Waals surface area (Å²) in [4.78, 5) is 4.18. The van der Waals surface area contributed by atoms with Crippen LogP contribution in [0.15, 0.2) is 47.2 Å². The Morgan fingerprint density at radius 3 is 2.68 bits per heavy atom. The highest BCUT2D eigenvalue weighted by molar-refractivity contribution is 9.10. The van der Waals surface area contributed by atoms with Crippen LogP contribution in [0.1, 0.15) is 16.7 Å². The quantitative estimate of drug-likeness (QED) is 0.658. The van der Waals surface area contributed by atoms with Crippen LogP contribution in [-0.2, 0) is 12.8 Å². The number of aryl methyl sites for hydroxylation is 1. The molecule has 1 aromatic carbocycles. The average molecular weight is 320 g/mol. The molecule has 0 fully saturated rings. The van der Waals surface area contributed by atoms with Crippen molar-refractivity contribution in [1.82, 2.24) is 10.4 Å². The van der Waals surface area contributed by atoms with Crippen LogP contribution in [0.2, 0.25) is 0 Å². The van der Waals surface area contributed by atoms with E-state index in [4.69, 9.17) is 5.84 Å². The monoisotopic (exact) mass is 319 g/mol. The molecule has 0 saturated carbocycles. The SMILES string of the molecule is Cc1cccc(CC(Cc2cncc(Br)c2)NN)c1. The summed E-state index contributed by atoms with van der Waals surface area (Å²) in [5.41, 5.74) is 6.64. The van der Waals surface area contributed by atoms with Crippen LogP contribution in [0.25, 0.3) is 0 Å². The summed E-state index contributed by atoms with van der Waals surface area (Å²) in [6.07, 6.45) is 5.43. The first-order chi connectivity index (χ1) is 9.17. The number of aromatic nitrogens is 1. The Morgan fingerprint density at radius 1 is 1.21 bits per heavy atom. The Balaban J connectivity index is 2.04. The molecule has 3 nitrogen and oxygen atoms in total. The molecule has 3 N–H and O–H groups in total. The van der Waals surface area contributed by atoms with Gasteiger partial charge in [0.15, 0.2) is 0 Å². The molecule has 0 bridgehead atoms. The molecule has 0 aliphatic heterocycles. The van der Waals surface area contributed by atoms with Crippen LogP contribution in [0, 0.1) is 6.92 Å². The topological polar surface area (TPSA) is 50.9 Å². The third kappa shape index (κ3) is 4.42. The number of rotatable bonds is 5. The molecule has 4 heteroatoms. The van der Waals surface area contributed by atoms with Crippen LogP contribution in [-0.4, -0.2) is 11.0 Å². The van der Waals surface area contributed by atoms with E-state index in [0.717, 1.165) is 17.3 Å². The molecule has 100 valence electrons. The number of pyridine rings is 1. The smallest absolute Gasteiger partial charge is 0.0410 e. The first kappa shape index (κ1) is 14.2. The van der Waals surface area contributed by atoms with Gasteiger partial charge in [0.1, 0.15) is 0 Å². The Bertz CT molecular complexity index is 495. The molecule has 0 spiro atoms. The van der Waals surface area contributed by atoms with Gasteiger partial charge in [0.25, 0.3) is 0 Å². The molecule has 1 heterocycles. The van der Waals surface area contributed by atoms with Crippen molar-refractivity contribution < 1.29 is 0 Å². The van der Waals surface area contributed by atoms with Crippen molar-refractivity contribution in [3.05, 3.63) is 63.9 Å². The minimum atomic E-state index is 0.206. The molecule has 0 amide bonds. The highest BCUT2D eigenvalue weighted by atomic mass is 79.9. The zero-order valence-corrected chi connectivity index (χ0v) is 12.5. The van der Waals surface area contributed by atoms with Crippen molar-refractivity contribution in [2.75, 3.05) is 0 Å². The van der Waals surface area contributed by atoms with Gasteiger partial charge < -0.3 is 0 Å². The first-order valence-electron chi connectivity index (χ1n) is 6.28. The van der Waals surface area contributed by atoms with Gasteiger partial charge in [-0.25, -0.2) is 0 Å². The number of benzene rings is 1. The lowest BCUT2D eigenvalue weighted by molar-refractivity contribution is 0.522. The second-order valence-corrected chi connectivity index (χ2v) is 5.69. The number of nitrogens with zero attached hydrogens (tertiary/aromatic N) is 1. The van der Waals surface area contributed by atoms with E-state index in [1.54, 1.807) is 6.20 Å². The van der Waals surface area contributed by atoms with Crippen molar-refractivity contribution in [3.8, 4) is 0 Å². The second kappa shape index (κ2) is 6.80. The predicted octanol–water partition coefficient (Wildman–Crippen LogP) is 2.77. The van der Waals surface area contributed by atoms with Crippen molar-refractivity contribution in [3.63, 3.8) is 0 Å². The third-order valence-electron chi connectivity index (χ3n) is 3.04. The van der Waals surface area contributed by atoms with Crippen LogP contribution in [0.4, 0.5) is 0 Å². The normalized spacial score (nSPS) is 12.4. The van der Waals surface area contributed by atoms with E-state index in [9.17, 15) is 0 Å². The molecule has 0 radical (unpaired) electrons. The van der Waals surface area contributed by atoms with E-state index in [0.29, 0.717) is 0 Å². The zero-order valence-electron chi connectivity index (χ0n) is 10.9. The van der Waals surface area contributed by atoms with Gasteiger partial charge >= 0.3 is 0 Å². The second-order valence-electron chi connectivity index (χ2n) is 4.77. The van der Waals surface area contributed by atoms with Gasteiger partial charge in [0, 0.05) is 22.9 Å². The van der Waals surface area contributed by atoms with E-state index >= 15 is 0 Å². The Labute approximate surface area is 122 Å². The summed E-state index contributed by atoms with van der Waals surface area (Å²) in [6.45, 7) is 2.10. The maximum absolute atomic E-state index is 5.66. The number of halogens is 1. The fourth-order valence-corrected chi connectivity index (χ4v) is 2.58. The summed E-state index contributed by atoms with van der Waals surface area (Å²) in [5.74, 6) is 5.66. The molecule has 1 unspecified atom stereocenters. The summed E-state index contributed by atoms with van der Waals surface area (Å²) in [7, 11) is 0. The van der Waals surface area contributed by atoms with E-state index < -0.39 is 0 Å². The largest absolute Gasteiger partial charge is 0.271 e.